The second kappa shape index (κ2) is 6.31. The first-order valence-electron chi connectivity index (χ1n) is 4.61. The highest BCUT2D eigenvalue weighted by Crippen LogP contribution is 2.14. The average Bonchev–Trinajstić information content (AvgIpc) is 2.23. The van der Waals surface area contributed by atoms with E-state index in [2.05, 4.69) is 5.32 Å². The van der Waals surface area contributed by atoms with Crippen molar-refractivity contribution in [2.75, 3.05) is 31.7 Å². The summed E-state index contributed by atoms with van der Waals surface area (Å²) in [6.45, 7) is 0.887. The average molecular weight is 217 g/mol. The van der Waals surface area contributed by atoms with E-state index in [0.717, 1.165) is 18.2 Å². The second-order valence-corrected chi connectivity index (χ2v) is 2.89. The largest absolute Gasteiger partial charge is 0.394 e. The molecule has 0 unspecified atom stereocenters. The Hall–Kier alpha value is -1.20. The topological polar surface area (TPSA) is 41.5 Å². The molecule has 0 heterocycles. The fraction of sp³-hybridized carbons (Fsp3) is 0.400. The highest BCUT2D eigenvalue weighted by atomic mass is 19.1. The van der Waals surface area contributed by atoms with E-state index in [-0.39, 0.29) is 18.9 Å². The summed E-state index contributed by atoms with van der Waals surface area (Å²) < 4.78 is 30.7. The maximum absolute atomic E-state index is 13.0. The number of halogens is 2. The van der Waals surface area contributed by atoms with E-state index in [9.17, 15) is 8.78 Å². The molecule has 1 rings (SSSR count). The van der Waals surface area contributed by atoms with Gasteiger partial charge in [-0.2, -0.15) is 0 Å². The minimum atomic E-state index is -0.501. The van der Waals surface area contributed by atoms with Gasteiger partial charge < -0.3 is 15.2 Å². The number of anilines is 1. The van der Waals surface area contributed by atoms with Crippen molar-refractivity contribution in [3.63, 3.8) is 0 Å². The Kier molecular flexibility index (Phi) is 5.00. The smallest absolute Gasteiger partial charge is 0.146 e. The van der Waals surface area contributed by atoms with Crippen LogP contribution < -0.4 is 5.32 Å². The van der Waals surface area contributed by atoms with E-state index in [1.165, 1.54) is 0 Å². The van der Waals surface area contributed by atoms with Gasteiger partial charge in [0.25, 0.3) is 0 Å². The first-order valence-corrected chi connectivity index (χ1v) is 4.61. The van der Waals surface area contributed by atoms with Gasteiger partial charge in [-0.05, 0) is 18.2 Å². The fourth-order valence-corrected chi connectivity index (χ4v) is 1.06. The highest BCUT2D eigenvalue weighted by molar-refractivity contribution is 5.44. The van der Waals surface area contributed by atoms with E-state index in [0.29, 0.717) is 13.2 Å². The van der Waals surface area contributed by atoms with Crippen LogP contribution >= 0.6 is 0 Å². The Labute approximate surface area is 86.7 Å². The quantitative estimate of drug-likeness (QED) is 0.707. The van der Waals surface area contributed by atoms with Crippen molar-refractivity contribution < 1.29 is 18.6 Å². The number of aliphatic hydroxyl groups excluding tert-OH is 1. The first kappa shape index (κ1) is 11.9. The molecule has 0 aliphatic heterocycles. The zero-order valence-electron chi connectivity index (χ0n) is 8.17. The second-order valence-electron chi connectivity index (χ2n) is 2.89. The molecule has 0 amide bonds. The lowest BCUT2D eigenvalue weighted by atomic mass is 10.3. The number of hydrogen-bond acceptors (Lipinski definition) is 3. The van der Waals surface area contributed by atoms with E-state index in [4.69, 9.17) is 9.84 Å². The third-order valence-corrected chi connectivity index (χ3v) is 1.73. The zero-order chi connectivity index (χ0) is 11.1. The lowest BCUT2D eigenvalue weighted by Gasteiger charge is -2.07. The Morgan fingerprint density at radius 2 is 2.07 bits per heavy atom. The number of rotatable bonds is 6. The van der Waals surface area contributed by atoms with Crippen molar-refractivity contribution >= 4 is 5.69 Å². The van der Waals surface area contributed by atoms with Gasteiger partial charge in [-0.15, -0.1) is 0 Å². The number of hydrogen-bond donors (Lipinski definition) is 2. The molecule has 2 N–H and O–H groups in total. The SMILES string of the molecule is OCCOCCNc1cc(F)ccc1F. The summed E-state index contributed by atoms with van der Waals surface area (Å²) >= 11 is 0. The maximum atomic E-state index is 13.0. The maximum Gasteiger partial charge on any atom is 0.146 e. The van der Waals surface area contributed by atoms with Crippen molar-refractivity contribution in [2.24, 2.45) is 0 Å². The molecule has 0 spiro atoms. The van der Waals surface area contributed by atoms with Crippen LogP contribution in [0, 0.1) is 11.6 Å². The molecule has 5 heteroatoms. The monoisotopic (exact) mass is 217 g/mol. The summed E-state index contributed by atoms with van der Waals surface area (Å²) in [5, 5.41) is 11.1. The summed E-state index contributed by atoms with van der Waals surface area (Å²) in [5.41, 5.74) is 0.114. The molecule has 0 aliphatic carbocycles. The van der Waals surface area contributed by atoms with Crippen molar-refractivity contribution in [1.29, 1.82) is 0 Å². The normalized spacial score (nSPS) is 10.3. The van der Waals surface area contributed by atoms with E-state index in [1.807, 2.05) is 0 Å². The van der Waals surface area contributed by atoms with Crippen LogP contribution in [0.15, 0.2) is 18.2 Å². The minimum Gasteiger partial charge on any atom is -0.394 e. The van der Waals surface area contributed by atoms with Crippen LogP contribution in [-0.4, -0.2) is 31.5 Å². The zero-order valence-corrected chi connectivity index (χ0v) is 8.17. The van der Waals surface area contributed by atoms with Crippen LogP contribution in [0.25, 0.3) is 0 Å². The van der Waals surface area contributed by atoms with Gasteiger partial charge >= 0.3 is 0 Å². The summed E-state index contributed by atoms with van der Waals surface area (Å²) in [6.07, 6.45) is 0. The van der Waals surface area contributed by atoms with Gasteiger partial charge in [0.15, 0.2) is 0 Å². The molecule has 0 radical (unpaired) electrons. The van der Waals surface area contributed by atoms with Crippen LogP contribution in [0.1, 0.15) is 0 Å². The molecule has 0 fully saturated rings. The molecular formula is C10H13F2NO2. The standard InChI is InChI=1S/C10H13F2NO2/c11-8-1-2-9(12)10(7-8)13-3-5-15-6-4-14/h1-2,7,13-14H,3-6H2. The van der Waals surface area contributed by atoms with Gasteiger partial charge in [-0.3, -0.25) is 0 Å². The minimum absolute atomic E-state index is 0.0473. The van der Waals surface area contributed by atoms with Crippen molar-refractivity contribution in [2.45, 2.75) is 0 Å². The number of nitrogens with one attached hydrogen (secondary N) is 1. The molecule has 0 saturated carbocycles. The van der Waals surface area contributed by atoms with Gasteiger partial charge in [0.05, 0.1) is 25.5 Å². The molecule has 0 atom stereocenters. The third-order valence-electron chi connectivity index (χ3n) is 1.73. The van der Waals surface area contributed by atoms with Crippen LogP contribution in [0.5, 0.6) is 0 Å². The molecule has 0 bridgehead atoms. The molecule has 15 heavy (non-hydrogen) atoms. The molecule has 0 aromatic heterocycles. The van der Waals surface area contributed by atoms with E-state index >= 15 is 0 Å². The lowest BCUT2D eigenvalue weighted by molar-refractivity contribution is 0.0992. The van der Waals surface area contributed by atoms with E-state index < -0.39 is 11.6 Å². The summed E-state index contributed by atoms with van der Waals surface area (Å²) in [5.74, 6) is -0.992. The summed E-state index contributed by atoms with van der Waals surface area (Å²) in [7, 11) is 0. The predicted molar refractivity (Wildman–Crippen MR) is 52.8 cm³/mol. The molecule has 1 aromatic carbocycles. The van der Waals surface area contributed by atoms with Crippen molar-refractivity contribution in [3.05, 3.63) is 29.8 Å². The van der Waals surface area contributed by atoms with Gasteiger partial charge in [-0.25, -0.2) is 8.78 Å². The molecule has 84 valence electrons. The summed E-state index contributed by atoms with van der Waals surface area (Å²) in [6, 6.07) is 3.20. The summed E-state index contributed by atoms with van der Waals surface area (Å²) in [4.78, 5) is 0. The van der Waals surface area contributed by atoms with Crippen LogP contribution in [0.2, 0.25) is 0 Å². The Bertz CT molecular complexity index is 307. The third kappa shape index (κ3) is 4.22. The highest BCUT2D eigenvalue weighted by Gasteiger charge is 2.02. The van der Waals surface area contributed by atoms with Crippen LogP contribution in [0.4, 0.5) is 14.5 Å². The van der Waals surface area contributed by atoms with Crippen LogP contribution in [-0.2, 0) is 4.74 Å². The predicted octanol–water partition coefficient (Wildman–Crippen LogP) is 1.39. The molecule has 3 nitrogen and oxygen atoms in total. The fourth-order valence-electron chi connectivity index (χ4n) is 1.06. The molecular weight excluding hydrogens is 204 g/mol. The van der Waals surface area contributed by atoms with Gasteiger partial charge in [0.2, 0.25) is 0 Å². The molecule has 0 saturated heterocycles. The number of benzene rings is 1. The van der Waals surface area contributed by atoms with Gasteiger partial charge in [-0.1, -0.05) is 0 Å². The van der Waals surface area contributed by atoms with Crippen molar-refractivity contribution in [3.8, 4) is 0 Å². The number of ether oxygens (including phenoxy) is 1. The van der Waals surface area contributed by atoms with Crippen LogP contribution in [0.3, 0.4) is 0 Å². The molecule has 0 aliphatic rings. The Morgan fingerprint density at radius 1 is 1.27 bits per heavy atom. The Balaban J connectivity index is 2.33. The Morgan fingerprint density at radius 3 is 2.80 bits per heavy atom. The lowest BCUT2D eigenvalue weighted by Crippen LogP contribution is -2.12. The van der Waals surface area contributed by atoms with Crippen molar-refractivity contribution in [1.82, 2.24) is 0 Å². The van der Waals surface area contributed by atoms with Gasteiger partial charge in [0, 0.05) is 6.54 Å². The van der Waals surface area contributed by atoms with Gasteiger partial charge in [0.1, 0.15) is 11.6 Å². The number of aliphatic hydroxyl groups is 1. The molecule has 1 aromatic rings. The first-order chi connectivity index (χ1) is 7.24. The van der Waals surface area contributed by atoms with E-state index in [1.54, 1.807) is 0 Å².